The van der Waals surface area contributed by atoms with Gasteiger partial charge < -0.3 is 10.0 Å². The molecule has 4 nitrogen and oxygen atoms in total. The molecule has 5 heteroatoms. The van der Waals surface area contributed by atoms with Crippen molar-refractivity contribution in [3.05, 3.63) is 57.8 Å². The molecule has 2 unspecified atom stereocenters. The molecule has 0 aliphatic carbocycles. The van der Waals surface area contributed by atoms with Crippen molar-refractivity contribution >= 4 is 23.2 Å². The van der Waals surface area contributed by atoms with Crippen LogP contribution in [0.1, 0.15) is 46.6 Å². The summed E-state index contributed by atoms with van der Waals surface area (Å²) in [6.45, 7) is 3.84. The summed E-state index contributed by atoms with van der Waals surface area (Å²) >= 11 is 1.49. The van der Waals surface area contributed by atoms with Crippen molar-refractivity contribution in [1.29, 1.82) is 0 Å². The van der Waals surface area contributed by atoms with Gasteiger partial charge in [0, 0.05) is 16.5 Å². The van der Waals surface area contributed by atoms with Gasteiger partial charge in [-0.1, -0.05) is 24.3 Å². The second kappa shape index (κ2) is 5.57. The minimum absolute atomic E-state index is 0.0743. The van der Waals surface area contributed by atoms with Crippen LogP contribution in [0.4, 0.5) is 0 Å². The van der Waals surface area contributed by atoms with Gasteiger partial charge in [0.1, 0.15) is 5.92 Å². The number of hydrogen-bond donors (Lipinski definition) is 1. The normalized spacial score (nSPS) is 21.0. The molecule has 2 heterocycles. The number of carbonyl (C=O) groups excluding carboxylic acids is 1. The van der Waals surface area contributed by atoms with E-state index in [0.717, 1.165) is 4.88 Å². The van der Waals surface area contributed by atoms with Crippen LogP contribution in [0.2, 0.25) is 0 Å². The highest BCUT2D eigenvalue weighted by Crippen LogP contribution is 2.44. The maximum Gasteiger partial charge on any atom is 0.313 e. The van der Waals surface area contributed by atoms with E-state index in [-0.39, 0.29) is 11.9 Å². The highest BCUT2D eigenvalue weighted by molar-refractivity contribution is 7.10. The molecule has 1 aromatic carbocycles. The molecule has 2 aromatic rings. The molecule has 0 radical (unpaired) electrons. The van der Waals surface area contributed by atoms with Gasteiger partial charge in [0.25, 0.3) is 5.91 Å². The van der Waals surface area contributed by atoms with Crippen LogP contribution in [0, 0.1) is 0 Å². The summed E-state index contributed by atoms with van der Waals surface area (Å²) in [7, 11) is 0. The molecular formula is C17H17NO3S. The van der Waals surface area contributed by atoms with Crippen molar-refractivity contribution < 1.29 is 14.7 Å². The molecule has 0 spiro atoms. The van der Waals surface area contributed by atoms with Gasteiger partial charge in [0.15, 0.2) is 0 Å². The van der Waals surface area contributed by atoms with Crippen LogP contribution in [0.25, 0.3) is 0 Å². The van der Waals surface area contributed by atoms with Crippen molar-refractivity contribution in [3.8, 4) is 0 Å². The van der Waals surface area contributed by atoms with E-state index in [4.69, 9.17) is 0 Å². The average molecular weight is 315 g/mol. The molecule has 1 N–H and O–H groups in total. The second-order valence-electron chi connectivity index (χ2n) is 5.67. The Morgan fingerprint density at radius 1 is 1.23 bits per heavy atom. The van der Waals surface area contributed by atoms with Gasteiger partial charge in [-0.05, 0) is 36.9 Å². The van der Waals surface area contributed by atoms with Crippen LogP contribution in [0.3, 0.4) is 0 Å². The van der Waals surface area contributed by atoms with Gasteiger partial charge in [-0.2, -0.15) is 0 Å². The molecule has 2 atom stereocenters. The standard InChI is InChI=1S/C17H17NO3S/c1-10(2)18-15(13-8-5-9-22-13)14(17(20)21)11-6-3-4-7-12(11)16(18)19/h3-10,14-15H,1-2H3,(H,20,21). The summed E-state index contributed by atoms with van der Waals surface area (Å²) in [5, 5.41) is 11.7. The monoisotopic (exact) mass is 315 g/mol. The Balaban J connectivity index is 2.24. The first-order valence-electron chi connectivity index (χ1n) is 7.20. The highest BCUT2D eigenvalue weighted by Gasteiger charge is 2.45. The predicted molar refractivity (Wildman–Crippen MR) is 85.2 cm³/mol. The van der Waals surface area contributed by atoms with E-state index in [1.54, 1.807) is 29.2 Å². The number of amides is 1. The number of carboxylic acid groups (broad SMARTS) is 1. The van der Waals surface area contributed by atoms with Crippen molar-refractivity contribution in [2.24, 2.45) is 0 Å². The van der Waals surface area contributed by atoms with E-state index >= 15 is 0 Å². The number of carbonyl (C=O) groups is 2. The fourth-order valence-corrected chi connectivity index (χ4v) is 4.00. The van der Waals surface area contributed by atoms with Gasteiger partial charge in [-0.3, -0.25) is 9.59 Å². The largest absolute Gasteiger partial charge is 0.481 e. The average Bonchev–Trinajstić information content (AvgIpc) is 3.00. The maximum atomic E-state index is 12.9. The third-order valence-corrected chi connectivity index (χ3v) is 4.98. The Bertz CT molecular complexity index is 708. The summed E-state index contributed by atoms with van der Waals surface area (Å²) in [6, 6.07) is 10.3. The number of thiophene rings is 1. The quantitative estimate of drug-likeness (QED) is 0.943. The van der Waals surface area contributed by atoms with Crippen LogP contribution >= 0.6 is 11.3 Å². The van der Waals surface area contributed by atoms with E-state index in [9.17, 15) is 14.7 Å². The maximum absolute atomic E-state index is 12.9. The van der Waals surface area contributed by atoms with Crippen LogP contribution in [-0.4, -0.2) is 27.9 Å². The number of rotatable bonds is 3. The lowest BCUT2D eigenvalue weighted by molar-refractivity contribution is -0.140. The van der Waals surface area contributed by atoms with Crippen LogP contribution in [0.5, 0.6) is 0 Å². The molecule has 22 heavy (non-hydrogen) atoms. The van der Waals surface area contributed by atoms with E-state index in [0.29, 0.717) is 11.1 Å². The third kappa shape index (κ3) is 2.22. The first kappa shape index (κ1) is 14.8. The van der Waals surface area contributed by atoms with Gasteiger partial charge >= 0.3 is 5.97 Å². The Kier molecular flexibility index (Phi) is 3.74. The highest BCUT2D eigenvalue weighted by atomic mass is 32.1. The van der Waals surface area contributed by atoms with Crippen LogP contribution in [0.15, 0.2) is 41.8 Å². The summed E-state index contributed by atoms with van der Waals surface area (Å²) < 4.78 is 0. The SMILES string of the molecule is CC(C)N1C(=O)c2ccccc2C(C(=O)O)C1c1cccs1. The molecule has 0 saturated carbocycles. The van der Waals surface area contributed by atoms with Crippen LogP contribution < -0.4 is 0 Å². The number of fused-ring (bicyclic) bond motifs is 1. The molecule has 114 valence electrons. The minimum atomic E-state index is -0.899. The van der Waals surface area contributed by atoms with Gasteiger partial charge in [0.05, 0.1) is 6.04 Å². The Labute approximate surface area is 133 Å². The van der Waals surface area contributed by atoms with Crippen molar-refractivity contribution in [3.63, 3.8) is 0 Å². The number of carboxylic acids is 1. The second-order valence-corrected chi connectivity index (χ2v) is 6.65. The topological polar surface area (TPSA) is 57.6 Å². The zero-order chi connectivity index (χ0) is 15.9. The van der Waals surface area contributed by atoms with E-state index in [1.165, 1.54) is 11.3 Å². The Morgan fingerprint density at radius 3 is 2.55 bits per heavy atom. The summed E-state index contributed by atoms with van der Waals surface area (Å²) in [5.74, 6) is -1.74. The molecule has 1 amide bonds. The zero-order valence-electron chi connectivity index (χ0n) is 12.4. The fourth-order valence-electron chi connectivity index (χ4n) is 3.14. The van der Waals surface area contributed by atoms with E-state index < -0.39 is 17.9 Å². The van der Waals surface area contributed by atoms with E-state index in [1.807, 2.05) is 31.4 Å². The lowest BCUT2D eigenvalue weighted by atomic mass is 9.81. The molecule has 0 fully saturated rings. The van der Waals surface area contributed by atoms with Gasteiger partial charge in [-0.15, -0.1) is 11.3 Å². The molecule has 1 aromatic heterocycles. The zero-order valence-corrected chi connectivity index (χ0v) is 13.2. The lowest BCUT2D eigenvalue weighted by Crippen LogP contribution is -2.47. The summed E-state index contributed by atoms with van der Waals surface area (Å²) in [6.07, 6.45) is 0. The Morgan fingerprint density at radius 2 is 1.95 bits per heavy atom. The first-order valence-corrected chi connectivity index (χ1v) is 8.08. The molecule has 3 rings (SSSR count). The van der Waals surface area contributed by atoms with Crippen molar-refractivity contribution in [1.82, 2.24) is 4.90 Å². The van der Waals surface area contributed by atoms with Crippen molar-refractivity contribution in [2.75, 3.05) is 0 Å². The smallest absolute Gasteiger partial charge is 0.313 e. The van der Waals surface area contributed by atoms with Gasteiger partial charge in [-0.25, -0.2) is 0 Å². The number of benzene rings is 1. The number of hydrogen-bond acceptors (Lipinski definition) is 3. The Hall–Kier alpha value is -2.14. The van der Waals surface area contributed by atoms with E-state index in [2.05, 4.69) is 0 Å². The lowest BCUT2D eigenvalue weighted by Gasteiger charge is -2.42. The van der Waals surface area contributed by atoms with Crippen molar-refractivity contribution in [2.45, 2.75) is 31.8 Å². The first-order chi connectivity index (χ1) is 10.5. The summed E-state index contributed by atoms with van der Waals surface area (Å²) in [4.78, 5) is 27.4. The summed E-state index contributed by atoms with van der Waals surface area (Å²) in [5.41, 5.74) is 1.10. The molecular weight excluding hydrogens is 298 g/mol. The third-order valence-electron chi connectivity index (χ3n) is 4.03. The molecule has 0 saturated heterocycles. The molecule has 0 bridgehead atoms. The number of aliphatic carboxylic acids is 1. The fraction of sp³-hybridized carbons (Fsp3) is 0.294. The molecule has 1 aliphatic rings. The minimum Gasteiger partial charge on any atom is -0.481 e. The predicted octanol–water partition coefficient (Wildman–Crippen LogP) is 3.52. The van der Waals surface area contributed by atoms with Gasteiger partial charge in [0.2, 0.25) is 0 Å². The number of nitrogens with zero attached hydrogens (tertiary/aromatic N) is 1. The van der Waals surface area contributed by atoms with Crippen LogP contribution in [-0.2, 0) is 4.79 Å². The molecule has 1 aliphatic heterocycles.